The van der Waals surface area contributed by atoms with Crippen molar-refractivity contribution in [2.75, 3.05) is 26.2 Å². The van der Waals surface area contributed by atoms with Gasteiger partial charge in [-0.3, -0.25) is 4.79 Å². The van der Waals surface area contributed by atoms with Gasteiger partial charge in [-0.25, -0.2) is 0 Å². The lowest BCUT2D eigenvalue weighted by molar-refractivity contribution is -0.125. The highest BCUT2D eigenvalue weighted by Gasteiger charge is 2.26. The molecule has 16 heavy (non-hydrogen) atoms. The monoisotopic (exact) mass is 225 g/mol. The van der Waals surface area contributed by atoms with Crippen LogP contribution in [0, 0.1) is 11.8 Å². The second-order valence-corrected chi connectivity index (χ2v) is 5.34. The number of carbonyl (C=O) groups excluding carboxylic acids is 1. The summed E-state index contributed by atoms with van der Waals surface area (Å²) >= 11 is 0. The molecule has 0 bridgehead atoms. The first-order valence-electron chi connectivity index (χ1n) is 6.65. The normalized spacial score (nSPS) is 29.6. The highest BCUT2D eigenvalue weighted by molar-refractivity contribution is 5.81. The minimum Gasteiger partial charge on any atom is -0.396 e. The number of ketones is 1. The van der Waals surface area contributed by atoms with Crippen LogP contribution < -0.4 is 0 Å². The van der Waals surface area contributed by atoms with Crippen LogP contribution in [0.4, 0.5) is 0 Å². The van der Waals surface area contributed by atoms with E-state index in [1.165, 1.54) is 6.42 Å². The molecular weight excluding hydrogens is 202 g/mol. The van der Waals surface area contributed by atoms with Crippen molar-refractivity contribution in [2.24, 2.45) is 11.8 Å². The molecule has 1 unspecified atom stereocenters. The number of rotatable bonds is 3. The SMILES string of the molecule is O=C1CCCCC1CN1CCC(CO)CC1. The van der Waals surface area contributed by atoms with Gasteiger partial charge in [0.05, 0.1) is 0 Å². The van der Waals surface area contributed by atoms with Gasteiger partial charge in [0.1, 0.15) is 5.78 Å². The van der Waals surface area contributed by atoms with Crippen LogP contribution in [0.5, 0.6) is 0 Å². The van der Waals surface area contributed by atoms with Crippen LogP contribution >= 0.6 is 0 Å². The van der Waals surface area contributed by atoms with Crippen molar-refractivity contribution in [3.05, 3.63) is 0 Å². The maximum absolute atomic E-state index is 11.7. The Morgan fingerprint density at radius 3 is 2.56 bits per heavy atom. The Kier molecular flexibility index (Phi) is 4.36. The van der Waals surface area contributed by atoms with E-state index in [2.05, 4.69) is 4.90 Å². The van der Waals surface area contributed by atoms with E-state index < -0.39 is 0 Å². The van der Waals surface area contributed by atoms with E-state index in [0.717, 1.165) is 51.7 Å². The molecule has 3 heteroatoms. The summed E-state index contributed by atoms with van der Waals surface area (Å²) in [5, 5.41) is 9.07. The van der Waals surface area contributed by atoms with Crippen LogP contribution in [0.3, 0.4) is 0 Å². The fraction of sp³-hybridized carbons (Fsp3) is 0.923. The van der Waals surface area contributed by atoms with Gasteiger partial charge in [-0.05, 0) is 44.7 Å². The summed E-state index contributed by atoms with van der Waals surface area (Å²) in [5.41, 5.74) is 0. The quantitative estimate of drug-likeness (QED) is 0.790. The van der Waals surface area contributed by atoms with Crippen molar-refractivity contribution in [2.45, 2.75) is 38.5 Å². The van der Waals surface area contributed by atoms with Crippen molar-refractivity contribution in [3.63, 3.8) is 0 Å². The van der Waals surface area contributed by atoms with E-state index in [1.54, 1.807) is 0 Å². The van der Waals surface area contributed by atoms with Crippen molar-refractivity contribution in [1.82, 2.24) is 4.90 Å². The minimum atomic E-state index is 0.305. The number of piperidine rings is 1. The van der Waals surface area contributed by atoms with Crippen LogP contribution in [0.15, 0.2) is 0 Å². The maximum Gasteiger partial charge on any atom is 0.137 e. The topological polar surface area (TPSA) is 40.5 Å². The third kappa shape index (κ3) is 3.05. The number of Topliss-reactive ketones (excluding diaryl/α,β-unsaturated/α-hetero) is 1. The van der Waals surface area contributed by atoms with E-state index in [9.17, 15) is 4.79 Å². The molecule has 1 aliphatic heterocycles. The van der Waals surface area contributed by atoms with Crippen molar-refractivity contribution >= 4 is 5.78 Å². The molecule has 0 spiro atoms. The molecule has 1 atom stereocenters. The first-order chi connectivity index (χ1) is 7.79. The Hall–Kier alpha value is -0.410. The summed E-state index contributed by atoms with van der Waals surface area (Å²) in [6, 6.07) is 0. The van der Waals surface area contributed by atoms with Crippen molar-refractivity contribution in [3.8, 4) is 0 Å². The Bertz CT molecular complexity index is 234. The highest BCUT2D eigenvalue weighted by Crippen LogP contribution is 2.24. The van der Waals surface area contributed by atoms with Gasteiger partial charge >= 0.3 is 0 Å². The molecule has 2 rings (SSSR count). The molecule has 1 aliphatic carbocycles. The number of nitrogens with zero attached hydrogens (tertiary/aromatic N) is 1. The molecule has 0 amide bonds. The van der Waals surface area contributed by atoms with Gasteiger partial charge in [-0.15, -0.1) is 0 Å². The number of hydrogen-bond acceptors (Lipinski definition) is 3. The first kappa shape index (κ1) is 12.1. The van der Waals surface area contributed by atoms with E-state index in [4.69, 9.17) is 5.11 Å². The number of carbonyl (C=O) groups is 1. The van der Waals surface area contributed by atoms with Gasteiger partial charge in [0.15, 0.2) is 0 Å². The highest BCUT2D eigenvalue weighted by atomic mass is 16.3. The average Bonchev–Trinajstić information content (AvgIpc) is 2.33. The smallest absolute Gasteiger partial charge is 0.137 e. The van der Waals surface area contributed by atoms with Crippen molar-refractivity contribution in [1.29, 1.82) is 0 Å². The van der Waals surface area contributed by atoms with Crippen LogP contribution in [-0.2, 0) is 4.79 Å². The van der Waals surface area contributed by atoms with E-state index in [0.29, 0.717) is 24.2 Å². The van der Waals surface area contributed by atoms with Gasteiger partial charge in [-0.1, -0.05) is 6.42 Å². The molecule has 1 heterocycles. The molecule has 2 fully saturated rings. The van der Waals surface area contributed by atoms with Gasteiger partial charge in [0.2, 0.25) is 0 Å². The fourth-order valence-electron chi connectivity index (χ4n) is 2.91. The Balaban J connectivity index is 1.75. The zero-order valence-electron chi connectivity index (χ0n) is 10.0. The molecule has 0 aromatic heterocycles. The predicted octanol–water partition coefficient (Wildman–Crippen LogP) is 1.45. The molecule has 92 valence electrons. The van der Waals surface area contributed by atoms with Gasteiger partial charge in [-0.2, -0.15) is 0 Å². The average molecular weight is 225 g/mol. The number of hydrogen-bond donors (Lipinski definition) is 1. The summed E-state index contributed by atoms with van der Waals surface area (Å²) in [4.78, 5) is 14.1. The lowest BCUT2D eigenvalue weighted by Gasteiger charge is -2.34. The zero-order chi connectivity index (χ0) is 11.4. The fourth-order valence-corrected chi connectivity index (χ4v) is 2.91. The lowest BCUT2D eigenvalue weighted by Crippen LogP contribution is -2.40. The second-order valence-electron chi connectivity index (χ2n) is 5.34. The van der Waals surface area contributed by atoms with Gasteiger partial charge in [0, 0.05) is 25.5 Å². The Morgan fingerprint density at radius 1 is 1.19 bits per heavy atom. The van der Waals surface area contributed by atoms with E-state index in [1.807, 2.05) is 0 Å². The van der Waals surface area contributed by atoms with Gasteiger partial charge < -0.3 is 10.0 Å². The molecule has 0 radical (unpaired) electrons. The maximum atomic E-state index is 11.7. The van der Waals surface area contributed by atoms with Crippen molar-refractivity contribution < 1.29 is 9.90 Å². The molecule has 0 aromatic rings. The second kappa shape index (κ2) is 5.78. The summed E-state index contributed by atoms with van der Waals surface area (Å²) in [5.74, 6) is 1.29. The predicted molar refractivity (Wildman–Crippen MR) is 63.2 cm³/mol. The zero-order valence-corrected chi connectivity index (χ0v) is 10.0. The summed E-state index contributed by atoms with van der Waals surface area (Å²) in [6.45, 7) is 3.43. The van der Waals surface area contributed by atoms with E-state index >= 15 is 0 Å². The largest absolute Gasteiger partial charge is 0.396 e. The Labute approximate surface area is 97.8 Å². The molecule has 0 aromatic carbocycles. The van der Waals surface area contributed by atoms with Crippen LogP contribution in [-0.4, -0.2) is 42.0 Å². The molecule has 1 N–H and O–H groups in total. The number of likely N-dealkylation sites (tertiary alicyclic amines) is 1. The molecule has 1 saturated heterocycles. The molecule has 1 saturated carbocycles. The standard InChI is InChI=1S/C13H23NO2/c15-10-11-5-7-14(8-6-11)9-12-3-1-2-4-13(12)16/h11-12,15H,1-10H2. The summed E-state index contributed by atoms with van der Waals surface area (Å²) in [6.07, 6.45) is 6.41. The lowest BCUT2D eigenvalue weighted by atomic mass is 9.87. The molecular formula is C13H23NO2. The number of aliphatic hydroxyl groups is 1. The van der Waals surface area contributed by atoms with E-state index in [-0.39, 0.29) is 0 Å². The van der Waals surface area contributed by atoms with Crippen LogP contribution in [0.25, 0.3) is 0 Å². The van der Waals surface area contributed by atoms with Gasteiger partial charge in [0.25, 0.3) is 0 Å². The molecule has 2 aliphatic rings. The third-order valence-electron chi connectivity index (χ3n) is 4.13. The Morgan fingerprint density at radius 2 is 1.94 bits per heavy atom. The van der Waals surface area contributed by atoms with Crippen LogP contribution in [0.2, 0.25) is 0 Å². The first-order valence-corrected chi connectivity index (χ1v) is 6.65. The number of aliphatic hydroxyl groups excluding tert-OH is 1. The summed E-state index contributed by atoms with van der Waals surface area (Å²) < 4.78 is 0. The minimum absolute atomic E-state index is 0.305. The molecule has 3 nitrogen and oxygen atoms in total. The van der Waals surface area contributed by atoms with Crippen LogP contribution in [0.1, 0.15) is 38.5 Å². The summed E-state index contributed by atoms with van der Waals surface area (Å²) in [7, 11) is 0. The third-order valence-corrected chi connectivity index (χ3v) is 4.13.